The van der Waals surface area contributed by atoms with Crippen LogP contribution in [0.4, 0.5) is 34.1 Å². The van der Waals surface area contributed by atoms with Crippen LogP contribution < -0.4 is 27.4 Å². The number of carboxylic acids is 1. The van der Waals surface area contributed by atoms with Crippen LogP contribution in [0.2, 0.25) is 0 Å². The molecule has 0 radical (unpaired) electrons. The molecule has 8 aromatic heterocycles. The molecular formula is C108H102Cl2N20O11S. The zero-order chi connectivity index (χ0) is 101. The number of halogens is 2. The quantitative estimate of drug-likeness (QED) is 0.0131. The minimum Gasteiger partial charge on any atom is -0.477 e. The normalized spacial score (nSPS) is 12.9. The number of aromatic carboxylic acids is 1. The number of hydrogen-bond donors (Lipinski definition) is 9. The molecule has 11 N–H and O–H groups in total. The number of nitrogens with one attached hydrogen (secondary N) is 3. The number of nitrogen functional groups attached to an aromatic ring is 1. The number of pyridine rings is 4. The van der Waals surface area contributed by atoms with E-state index in [0.717, 1.165) is 56.9 Å². The smallest absolute Gasteiger partial charge is 0.354 e. The van der Waals surface area contributed by atoms with Crippen molar-refractivity contribution in [2.75, 3.05) is 41.5 Å². The molecule has 0 spiro atoms. The summed E-state index contributed by atoms with van der Waals surface area (Å²) in [5.41, 5.74) is 29.8. The summed E-state index contributed by atoms with van der Waals surface area (Å²) in [5, 5.41) is 73.1. The summed E-state index contributed by atoms with van der Waals surface area (Å²) < 4.78 is 27.8. The highest BCUT2D eigenvalue weighted by Gasteiger charge is 2.29. The van der Waals surface area contributed by atoms with Gasteiger partial charge in [-0.2, -0.15) is 25.7 Å². The Morgan fingerprint density at radius 1 is 0.444 bits per heavy atom. The Labute approximate surface area is 832 Å². The minimum atomic E-state index is -1.67. The van der Waals surface area contributed by atoms with Crippen LogP contribution in [0.3, 0.4) is 0 Å². The van der Waals surface area contributed by atoms with Crippen LogP contribution >= 0.6 is 21.4 Å². The Morgan fingerprint density at radius 3 is 1.13 bits per heavy atom. The molecule has 8 heterocycles. The third-order valence-electron chi connectivity index (χ3n) is 22.2. The van der Waals surface area contributed by atoms with E-state index < -0.39 is 27.4 Å². The van der Waals surface area contributed by atoms with Crippen LogP contribution in [0.5, 0.6) is 0 Å². The third kappa shape index (κ3) is 30.2. The lowest BCUT2D eigenvalue weighted by molar-refractivity contribution is 0.0685. The summed E-state index contributed by atoms with van der Waals surface area (Å²) in [6.45, 7) is 24.0. The van der Waals surface area contributed by atoms with E-state index in [-0.39, 0.29) is 35.6 Å². The zero-order valence-electron chi connectivity index (χ0n) is 77.8. The standard InChI is InChI=1S/C28H25N5O2.C28H29N5O2.C24H19N5O2.C12H9N3O2.C12H12N2O.C4H8O.Cl2OS/c1-19-14-26(33(32-19)25-10-4-8-23(16-25)29-2)28(34)31-24-9-3-6-21(15-24)27(35-18-20-11-12-20)22-7-5-13-30-17-22;1-19-13-26(33(32-19)25-9-2-5-21(14-25)16-29)28(34)31-24-8-3-6-22(15-24)27(35-18-20-10-11-20)23-7-4-12-30-17-23;1-16-12-22(29(28-16)21-10-4-8-19(14-21)25-2)24(31)27-20-9-3-6-17(13-20)23(30)18-7-5-11-26-15-18;1-8-5-11(12(16)17)15(14-8)10-4-2-3-9(6-10)7-13;13-11-5-1-3-9(7-11)12(15)10-4-2-6-14-8-10;5-3-4-1-2-4;1-4(2)3/h3-10,13-17,20,27H,11-12,18H2,1H3,(H,31,34);2-9,12-15,17,20,27H,10-11,16,18,29H2,1H3,(H,31,34);3-15,23,30H,1H3,(H,27,31);2-6H,1H3,(H,16,17);1-8,12,15H,13H2;4-5H,1-3H2;. The van der Waals surface area contributed by atoms with Gasteiger partial charge in [0.25, 0.3) is 17.7 Å². The number of aryl methyl sites for hydroxylation is 4. The van der Waals surface area contributed by atoms with Crippen LogP contribution in [-0.2, 0) is 25.2 Å². The number of rotatable bonds is 27. The van der Waals surface area contributed by atoms with Gasteiger partial charge in [-0.3, -0.25) is 34.3 Å². The molecule has 3 fully saturated rings. The number of ether oxygens (including phenoxy) is 2. The molecule has 720 valence electrons. The van der Waals surface area contributed by atoms with Crippen molar-refractivity contribution in [3.8, 4) is 28.8 Å². The first-order valence-electron chi connectivity index (χ1n) is 45.2. The Hall–Kier alpha value is -16.2. The van der Waals surface area contributed by atoms with E-state index in [9.17, 15) is 29.4 Å². The number of carbonyl (C=O) groups is 4. The second-order valence-corrected chi connectivity index (χ2v) is 35.9. The van der Waals surface area contributed by atoms with E-state index in [0.29, 0.717) is 140 Å². The second-order valence-electron chi connectivity index (χ2n) is 33.4. The topological polar surface area (TPSA) is 428 Å². The van der Waals surface area contributed by atoms with Crippen molar-refractivity contribution in [3.05, 3.63) is 441 Å². The van der Waals surface area contributed by atoms with E-state index in [1.807, 2.05) is 154 Å². The molecule has 3 saturated carbocycles. The summed E-state index contributed by atoms with van der Waals surface area (Å²) in [7, 11) is 7.36. The predicted octanol–water partition coefficient (Wildman–Crippen LogP) is 20.1. The van der Waals surface area contributed by atoms with E-state index in [4.69, 9.17) is 53.8 Å². The Bertz CT molecular complexity index is 7140. The van der Waals surface area contributed by atoms with E-state index >= 15 is 0 Å². The van der Waals surface area contributed by atoms with Gasteiger partial charge in [0.2, 0.25) is 9.23 Å². The van der Waals surface area contributed by atoms with Crippen molar-refractivity contribution in [2.24, 2.45) is 23.5 Å². The van der Waals surface area contributed by atoms with Gasteiger partial charge in [0, 0.05) is 129 Å². The fourth-order valence-corrected chi connectivity index (χ4v) is 14.6. The Kier molecular flexibility index (Phi) is 37.0. The number of nitrogens with two attached hydrogens (primary N) is 2. The van der Waals surface area contributed by atoms with Gasteiger partial charge < -0.3 is 57.3 Å². The van der Waals surface area contributed by atoms with Crippen molar-refractivity contribution in [2.45, 2.75) is 97.2 Å². The highest BCUT2D eigenvalue weighted by molar-refractivity contribution is 8.26. The molecular weight excluding hydrogens is 1860 g/mol. The van der Waals surface area contributed by atoms with Gasteiger partial charge in [-0.05, 0) is 263 Å². The average Bonchev–Trinajstić information content (AvgIpc) is 1.67. The van der Waals surface area contributed by atoms with E-state index in [1.54, 1.807) is 200 Å². The summed E-state index contributed by atoms with van der Waals surface area (Å²) >= 11 is 0. The summed E-state index contributed by atoms with van der Waals surface area (Å²) in [6, 6.07) is 81.9. The molecule has 4 unspecified atom stereocenters. The number of anilines is 4. The lowest BCUT2D eigenvalue weighted by atomic mass is 10.0. The van der Waals surface area contributed by atoms with Crippen molar-refractivity contribution in [3.63, 3.8) is 0 Å². The molecule has 8 aromatic carbocycles. The highest BCUT2D eigenvalue weighted by atomic mass is 36.0. The van der Waals surface area contributed by atoms with Gasteiger partial charge in [0.15, 0.2) is 17.1 Å². The number of amides is 3. The van der Waals surface area contributed by atoms with Gasteiger partial charge in [-0.25, -0.2) is 37.4 Å². The molecule has 3 amide bonds. The van der Waals surface area contributed by atoms with Crippen molar-refractivity contribution >= 4 is 88.4 Å². The van der Waals surface area contributed by atoms with Crippen molar-refractivity contribution < 1.29 is 53.3 Å². The molecule has 0 saturated heterocycles. The van der Waals surface area contributed by atoms with Crippen LogP contribution in [0.15, 0.2) is 316 Å². The predicted molar refractivity (Wildman–Crippen MR) is 545 cm³/mol. The molecule has 4 atom stereocenters. The van der Waals surface area contributed by atoms with Crippen molar-refractivity contribution in [1.29, 1.82) is 5.26 Å². The van der Waals surface area contributed by atoms with Crippen LogP contribution in [0, 0.1) is 69.9 Å². The van der Waals surface area contributed by atoms with Crippen molar-refractivity contribution in [1.82, 2.24) is 59.1 Å². The first-order valence-corrected chi connectivity index (χ1v) is 48.0. The monoisotopic (exact) mass is 1960 g/mol. The van der Waals surface area contributed by atoms with E-state index in [2.05, 4.69) is 87.3 Å². The summed E-state index contributed by atoms with van der Waals surface area (Å²) in [4.78, 5) is 74.1. The summed E-state index contributed by atoms with van der Waals surface area (Å²) in [5.74, 6) is 0.0376. The maximum absolute atomic E-state index is 13.3. The third-order valence-corrected chi connectivity index (χ3v) is 22.2. The van der Waals surface area contributed by atoms with Gasteiger partial charge in [0.1, 0.15) is 41.5 Å². The molecule has 31 nitrogen and oxygen atoms in total. The zero-order valence-corrected chi connectivity index (χ0v) is 80.1. The first kappa shape index (κ1) is 103. The number of carboxylic acid groups (broad SMARTS) is 1. The molecule has 3 aliphatic rings. The number of aromatic nitrogens is 12. The van der Waals surface area contributed by atoms with Crippen LogP contribution in [0.1, 0.15) is 183 Å². The van der Waals surface area contributed by atoms with E-state index in [1.165, 1.54) is 54.0 Å². The summed E-state index contributed by atoms with van der Waals surface area (Å²) in [6.07, 6.45) is 19.1. The molecule has 19 rings (SSSR count). The lowest BCUT2D eigenvalue weighted by Crippen LogP contribution is -2.17. The molecule has 34 heteroatoms. The Morgan fingerprint density at radius 2 is 0.775 bits per heavy atom. The number of aliphatic hydroxyl groups excluding tert-OH is 3. The fraction of sp³-hybridized carbons (Fsp3) is 0.194. The van der Waals surface area contributed by atoms with Crippen LogP contribution in [0.25, 0.3) is 32.4 Å². The number of hydrogen-bond acceptors (Lipinski definition) is 21. The number of nitriles is 1. The first-order chi connectivity index (χ1) is 68.8. The number of carbonyl (C=O) groups excluding carboxylic acids is 3. The molecule has 3 aliphatic carbocycles. The number of aliphatic hydroxyl groups is 3. The van der Waals surface area contributed by atoms with Gasteiger partial charge >= 0.3 is 5.97 Å². The molecule has 142 heavy (non-hydrogen) atoms. The second kappa shape index (κ2) is 51.0. The van der Waals surface area contributed by atoms with Crippen LogP contribution in [-0.4, -0.2) is 127 Å². The fourth-order valence-electron chi connectivity index (χ4n) is 14.6. The molecule has 0 aliphatic heterocycles. The largest absolute Gasteiger partial charge is 0.477 e. The number of nitrogens with zero attached hydrogens (tertiary/aromatic N) is 15. The molecule has 0 bridgehead atoms. The maximum atomic E-state index is 13.3. The van der Waals surface area contributed by atoms with Gasteiger partial charge in [0.05, 0.1) is 83.5 Å². The molecule has 16 aromatic rings. The SMILES string of the molecule is Cc1cc(C(=O)Nc2cccc(C(OCC3CC3)c3cccnc3)c2)n(-c2cccc(CN)c2)n1.Cc1cc(C(=O)O)n(-c2cccc(C#N)c2)n1.Nc1cccc(C(O)c2cccnc2)c1.O=S(Cl)Cl.OCC1CC1.[C-]#[N+]c1cccc(-n2nc(C)cc2C(=O)Nc2cccc(C(O)c3cccnc3)c2)c1.[C-]#[N+]c1cccc(-n2nc(C)cc2C(=O)Nc2cccc(C(OCC3CC3)c3cccnc3)c2)c1. The lowest BCUT2D eigenvalue weighted by Gasteiger charge is -2.19. The highest BCUT2D eigenvalue weighted by Crippen LogP contribution is 2.38. The Balaban J connectivity index is 0.000000150. The number of benzene rings is 8. The maximum Gasteiger partial charge on any atom is 0.354 e. The van der Waals surface area contributed by atoms with Gasteiger partial charge in [-0.15, -0.1) is 0 Å². The van der Waals surface area contributed by atoms with Gasteiger partial charge in [-0.1, -0.05) is 115 Å². The average molecular weight is 1960 g/mol. The minimum absolute atomic E-state index is 0.0811.